The lowest BCUT2D eigenvalue weighted by molar-refractivity contribution is -0.255. The van der Waals surface area contributed by atoms with Crippen molar-refractivity contribution in [2.75, 3.05) is 21.3 Å². The maximum absolute atomic E-state index is 12.6. The molecule has 3 aliphatic carbocycles. The number of hydrogen-bond donors (Lipinski definition) is 0. The van der Waals surface area contributed by atoms with Crippen LogP contribution in [0.15, 0.2) is 24.0 Å². The van der Waals surface area contributed by atoms with E-state index in [1.807, 2.05) is 6.08 Å². The van der Waals surface area contributed by atoms with Gasteiger partial charge in [-0.2, -0.15) is 0 Å². The van der Waals surface area contributed by atoms with Crippen LogP contribution in [0.3, 0.4) is 0 Å². The van der Waals surface area contributed by atoms with Crippen molar-refractivity contribution in [1.29, 1.82) is 0 Å². The van der Waals surface area contributed by atoms with Crippen LogP contribution in [-0.2, 0) is 28.5 Å². The van der Waals surface area contributed by atoms with E-state index in [4.69, 9.17) is 18.9 Å². The van der Waals surface area contributed by atoms with Crippen LogP contribution in [0.5, 0.6) is 0 Å². The summed E-state index contributed by atoms with van der Waals surface area (Å²) in [6.07, 6.45) is 4.73. The fraction of sp³-hybridized carbons (Fsp3) is 0.571. The number of rotatable bonds is 3. The van der Waals surface area contributed by atoms with Crippen molar-refractivity contribution in [3.63, 3.8) is 0 Å². The van der Waals surface area contributed by atoms with Gasteiger partial charge in [-0.3, -0.25) is 4.79 Å². The minimum absolute atomic E-state index is 0.0840. The van der Waals surface area contributed by atoms with E-state index in [1.54, 1.807) is 12.3 Å². The average molecular weight is 280 g/mol. The minimum Gasteiger partial charge on any atom is -0.497 e. The maximum Gasteiger partial charge on any atom is 0.334 e. The molecule has 4 rings (SSSR count). The molecule has 0 aromatic rings. The third kappa shape index (κ3) is 1.40. The predicted molar refractivity (Wildman–Crippen MR) is 66.3 cm³/mol. The predicted octanol–water partition coefficient (Wildman–Crippen LogP) is 0.432. The highest BCUT2D eigenvalue weighted by molar-refractivity contribution is 6.00. The molecular weight excluding hydrogens is 264 g/mol. The van der Waals surface area contributed by atoms with Gasteiger partial charge >= 0.3 is 5.97 Å². The van der Waals surface area contributed by atoms with Crippen LogP contribution < -0.4 is 0 Å². The summed E-state index contributed by atoms with van der Waals surface area (Å²) in [5.74, 6) is -3.38. The number of fused-ring (bicyclic) bond motifs is 1. The largest absolute Gasteiger partial charge is 0.497 e. The number of ether oxygens (including phenoxy) is 4. The van der Waals surface area contributed by atoms with Crippen LogP contribution in [0, 0.1) is 17.8 Å². The summed E-state index contributed by atoms with van der Waals surface area (Å²) < 4.78 is 21.1. The molecule has 2 bridgehead atoms. The van der Waals surface area contributed by atoms with Crippen molar-refractivity contribution in [1.82, 2.24) is 0 Å². The second-order valence-electron chi connectivity index (χ2n) is 5.06. The van der Waals surface area contributed by atoms with Gasteiger partial charge in [0.2, 0.25) is 5.79 Å². The molecule has 0 spiro atoms. The number of Topliss-reactive ketones (excluding diaryl/α,β-unsaturated/α-hetero) is 1. The van der Waals surface area contributed by atoms with E-state index in [0.717, 1.165) is 0 Å². The summed E-state index contributed by atoms with van der Waals surface area (Å²) in [4.78, 5) is 24.6. The third-order valence-corrected chi connectivity index (χ3v) is 4.44. The molecule has 0 saturated heterocycles. The molecule has 6 nitrogen and oxygen atoms in total. The molecule has 4 aliphatic rings. The van der Waals surface area contributed by atoms with Gasteiger partial charge in [0.15, 0.2) is 5.78 Å². The summed E-state index contributed by atoms with van der Waals surface area (Å²) in [6.45, 7) is 0. The van der Waals surface area contributed by atoms with Gasteiger partial charge in [0.25, 0.3) is 0 Å². The lowest BCUT2D eigenvalue weighted by Gasteiger charge is -2.51. The highest BCUT2D eigenvalue weighted by Crippen LogP contribution is 2.53. The first-order valence-corrected chi connectivity index (χ1v) is 6.37. The van der Waals surface area contributed by atoms with Crippen LogP contribution in [0.25, 0.3) is 0 Å². The van der Waals surface area contributed by atoms with Gasteiger partial charge in [-0.25, -0.2) is 4.79 Å². The number of carbonyl (C=O) groups is 2. The summed E-state index contributed by atoms with van der Waals surface area (Å²) in [6, 6.07) is 0. The number of methoxy groups -OCH3 is 3. The number of esters is 1. The first-order valence-electron chi connectivity index (χ1n) is 6.37. The Morgan fingerprint density at radius 2 is 2.00 bits per heavy atom. The van der Waals surface area contributed by atoms with Crippen LogP contribution >= 0.6 is 0 Å². The highest BCUT2D eigenvalue weighted by Gasteiger charge is 2.66. The molecule has 1 heterocycles. The molecule has 4 atom stereocenters. The second-order valence-corrected chi connectivity index (χ2v) is 5.06. The number of ketones is 1. The summed E-state index contributed by atoms with van der Waals surface area (Å²) in [5.41, 5.74) is 0.380. The Labute approximate surface area is 116 Å². The molecule has 1 aliphatic heterocycles. The van der Waals surface area contributed by atoms with Gasteiger partial charge in [0.1, 0.15) is 6.10 Å². The van der Waals surface area contributed by atoms with Gasteiger partial charge < -0.3 is 18.9 Å². The second kappa shape index (κ2) is 4.43. The van der Waals surface area contributed by atoms with Crippen LogP contribution in [0.2, 0.25) is 0 Å². The number of carbonyl (C=O) groups excluding carboxylic acids is 2. The molecule has 6 heteroatoms. The minimum atomic E-state index is -1.49. The summed E-state index contributed by atoms with van der Waals surface area (Å²) >= 11 is 0. The molecule has 0 aromatic carbocycles. The van der Waals surface area contributed by atoms with Crippen molar-refractivity contribution in [2.45, 2.75) is 11.9 Å². The topological polar surface area (TPSA) is 71.1 Å². The maximum atomic E-state index is 12.6. The van der Waals surface area contributed by atoms with Crippen molar-refractivity contribution in [2.24, 2.45) is 17.8 Å². The van der Waals surface area contributed by atoms with Crippen LogP contribution in [0.1, 0.15) is 0 Å². The van der Waals surface area contributed by atoms with Crippen LogP contribution in [0.4, 0.5) is 0 Å². The molecular formula is C14H16O6. The Bertz CT molecular complexity index is 516. The van der Waals surface area contributed by atoms with E-state index in [9.17, 15) is 9.59 Å². The molecule has 1 fully saturated rings. The first-order chi connectivity index (χ1) is 9.60. The molecule has 0 amide bonds. The Hall–Kier alpha value is -1.66. The van der Waals surface area contributed by atoms with Gasteiger partial charge in [0, 0.05) is 25.7 Å². The van der Waals surface area contributed by atoms with E-state index >= 15 is 0 Å². The van der Waals surface area contributed by atoms with E-state index in [2.05, 4.69) is 0 Å². The van der Waals surface area contributed by atoms with Gasteiger partial charge in [-0.05, 0) is 6.08 Å². The number of allylic oxidation sites excluding steroid dienone is 1. The molecule has 0 aromatic heterocycles. The van der Waals surface area contributed by atoms with E-state index in [-0.39, 0.29) is 17.8 Å². The van der Waals surface area contributed by atoms with E-state index < -0.39 is 23.6 Å². The normalized spacial score (nSPS) is 36.4. The highest BCUT2D eigenvalue weighted by atomic mass is 16.7. The zero-order valence-electron chi connectivity index (χ0n) is 11.5. The SMILES string of the molecule is COC(=O)C1=C[C@@H]2C(=O)C(OC)(OC)[C@H]1[C@@H]1OC=C[C@@H]12. The quantitative estimate of drug-likeness (QED) is 0.551. The molecule has 20 heavy (non-hydrogen) atoms. The van der Waals surface area contributed by atoms with Gasteiger partial charge in [-0.1, -0.05) is 6.08 Å². The Morgan fingerprint density at radius 1 is 1.30 bits per heavy atom. The van der Waals surface area contributed by atoms with Crippen LogP contribution in [-0.4, -0.2) is 45.0 Å². The fourth-order valence-electron chi connectivity index (χ4n) is 3.55. The zero-order chi connectivity index (χ0) is 14.5. The fourth-order valence-corrected chi connectivity index (χ4v) is 3.55. The molecule has 108 valence electrons. The van der Waals surface area contributed by atoms with Crippen molar-refractivity contribution in [3.05, 3.63) is 24.0 Å². The molecule has 0 N–H and O–H groups in total. The smallest absolute Gasteiger partial charge is 0.334 e. The monoisotopic (exact) mass is 280 g/mol. The molecule has 0 radical (unpaired) electrons. The van der Waals surface area contributed by atoms with Crippen molar-refractivity contribution < 1.29 is 28.5 Å². The Balaban J connectivity index is 2.14. The molecule has 0 unspecified atom stereocenters. The Morgan fingerprint density at radius 3 is 2.60 bits per heavy atom. The lowest BCUT2D eigenvalue weighted by atomic mass is 9.60. The summed E-state index contributed by atoms with van der Waals surface area (Å²) in [5, 5.41) is 0. The van der Waals surface area contributed by atoms with E-state index in [1.165, 1.54) is 21.3 Å². The summed E-state index contributed by atoms with van der Waals surface area (Å²) in [7, 11) is 4.10. The van der Waals surface area contributed by atoms with Gasteiger partial charge in [0.05, 0.1) is 25.2 Å². The average Bonchev–Trinajstić information content (AvgIpc) is 2.97. The first kappa shape index (κ1) is 13.3. The standard InChI is InChI=1S/C14H16O6/c1-17-13(16)9-6-8-7-4-5-20-11(7)10(9)14(18-2,19-3)12(8)15/h4-8,10-11H,1-3H3/t7-,8+,10-,11-/m1/s1. The molecule has 1 saturated carbocycles. The number of hydrogen-bond acceptors (Lipinski definition) is 6. The van der Waals surface area contributed by atoms with Gasteiger partial charge in [-0.15, -0.1) is 0 Å². The zero-order valence-corrected chi connectivity index (χ0v) is 11.5. The lowest BCUT2D eigenvalue weighted by Crippen LogP contribution is -2.66. The van der Waals surface area contributed by atoms with Crippen molar-refractivity contribution in [3.8, 4) is 0 Å². The Kier molecular flexibility index (Phi) is 2.95. The van der Waals surface area contributed by atoms with Crippen molar-refractivity contribution >= 4 is 11.8 Å². The third-order valence-electron chi connectivity index (χ3n) is 4.44. The van der Waals surface area contributed by atoms with E-state index in [0.29, 0.717) is 5.57 Å².